The number of nitrogens with one attached hydrogen (secondary N) is 2. The van der Waals surface area contributed by atoms with E-state index in [1.807, 2.05) is 0 Å². The van der Waals surface area contributed by atoms with Gasteiger partial charge in [-0.3, -0.25) is 4.79 Å². The van der Waals surface area contributed by atoms with Gasteiger partial charge >= 0.3 is 0 Å². The maximum Gasteiger partial charge on any atom is 0.258 e. The molecule has 0 atom stereocenters. The Bertz CT molecular complexity index is 912. The van der Waals surface area contributed by atoms with Crippen LogP contribution < -0.4 is 10.6 Å². The summed E-state index contributed by atoms with van der Waals surface area (Å²) >= 11 is 12.1. The van der Waals surface area contributed by atoms with Crippen LogP contribution in [0.3, 0.4) is 0 Å². The maximum absolute atomic E-state index is 12.4. The SMILES string of the molecule is O=C(Nc1ccnc(Nc2ccc(CO)cn2)c1)c1c(Cl)cccc1Cl. The number of carbonyl (C=O) groups excluding carboxylic acids is 1. The summed E-state index contributed by atoms with van der Waals surface area (Å²) in [5, 5.41) is 15.4. The average molecular weight is 389 g/mol. The average Bonchev–Trinajstić information content (AvgIpc) is 2.62. The van der Waals surface area contributed by atoms with Crippen LogP contribution in [0, 0.1) is 0 Å². The number of amides is 1. The molecule has 0 bridgehead atoms. The summed E-state index contributed by atoms with van der Waals surface area (Å²) in [5.41, 5.74) is 1.44. The first kappa shape index (κ1) is 18.1. The summed E-state index contributed by atoms with van der Waals surface area (Å²) in [5.74, 6) is 0.646. The molecule has 0 aliphatic heterocycles. The molecule has 0 aliphatic rings. The maximum atomic E-state index is 12.4. The van der Waals surface area contributed by atoms with E-state index < -0.39 is 5.91 Å². The molecule has 1 aromatic carbocycles. The van der Waals surface area contributed by atoms with Crippen LogP contribution in [0.1, 0.15) is 15.9 Å². The summed E-state index contributed by atoms with van der Waals surface area (Å²) in [6.45, 7) is -0.0718. The Morgan fingerprint density at radius 2 is 1.81 bits per heavy atom. The Morgan fingerprint density at radius 1 is 1.04 bits per heavy atom. The normalized spacial score (nSPS) is 10.4. The minimum Gasteiger partial charge on any atom is -0.392 e. The van der Waals surface area contributed by atoms with E-state index in [2.05, 4.69) is 20.6 Å². The van der Waals surface area contributed by atoms with Gasteiger partial charge in [0.1, 0.15) is 11.6 Å². The minimum atomic E-state index is -0.414. The molecule has 0 spiro atoms. The van der Waals surface area contributed by atoms with E-state index in [-0.39, 0.29) is 22.2 Å². The van der Waals surface area contributed by atoms with Gasteiger partial charge in [-0.25, -0.2) is 9.97 Å². The molecule has 3 aromatic rings. The van der Waals surface area contributed by atoms with Crippen molar-refractivity contribution in [3.05, 3.63) is 76.0 Å². The van der Waals surface area contributed by atoms with Crippen molar-refractivity contribution < 1.29 is 9.90 Å². The summed E-state index contributed by atoms with van der Waals surface area (Å²) < 4.78 is 0. The molecule has 0 unspecified atom stereocenters. The predicted octanol–water partition coefficient (Wildman–Crippen LogP) is 4.27. The third-order valence-electron chi connectivity index (χ3n) is 3.47. The summed E-state index contributed by atoms with van der Waals surface area (Å²) in [6.07, 6.45) is 3.11. The van der Waals surface area contributed by atoms with Gasteiger partial charge in [0.2, 0.25) is 0 Å². The number of aromatic nitrogens is 2. The molecule has 6 nitrogen and oxygen atoms in total. The summed E-state index contributed by atoms with van der Waals surface area (Å²) in [7, 11) is 0. The number of aliphatic hydroxyl groups is 1. The molecule has 0 aliphatic carbocycles. The van der Waals surface area contributed by atoms with Crippen LogP contribution in [0.15, 0.2) is 54.9 Å². The molecule has 0 fully saturated rings. The number of rotatable bonds is 5. The third-order valence-corrected chi connectivity index (χ3v) is 4.10. The molecule has 2 heterocycles. The van der Waals surface area contributed by atoms with Gasteiger partial charge in [-0.2, -0.15) is 0 Å². The molecule has 1 amide bonds. The van der Waals surface area contributed by atoms with Crippen LogP contribution in [0.25, 0.3) is 0 Å². The van der Waals surface area contributed by atoms with Crippen LogP contribution >= 0.6 is 23.2 Å². The number of hydrogen-bond acceptors (Lipinski definition) is 5. The fourth-order valence-corrected chi connectivity index (χ4v) is 2.78. The minimum absolute atomic E-state index is 0.0718. The molecule has 0 saturated heterocycles. The van der Waals surface area contributed by atoms with Crippen LogP contribution in [-0.2, 0) is 6.61 Å². The van der Waals surface area contributed by atoms with Crippen molar-refractivity contribution in [1.29, 1.82) is 0 Å². The van der Waals surface area contributed by atoms with Crippen molar-refractivity contribution in [2.45, 2.75) is 6.61 Å². The number of hydrogen-bond donors (Lipinski definition) is 3. The molecule has 8 heteroatoms. The lowest BCUT2D eigenvalue weighted by atomic mass is 10.2. The molecular formula is C18H14Cl2N4O2. The predicted molar refractivity (Wildman–Crippen MR) is 102 cm³/mol. The second-order valence-corrected chi connectivity index (χ2v) is 6.13. The van der Waals surface area contributed by atoms with E-state index in [0.29, 0.717) is 22.9 Å². The third kappa shape index (κ3) is 4.29. The van der Waals surface area contributed by atoms with Crippen LogP contribution in [0.5, 0.6) is 0 Å². The Balaban J connectivity index is 1.75. The number of aliphatic hydroxyl groups excluding tert-OH is 1. The van der Waals surface area contributed by atoms with Gasteiger partial charge in [0.05, 0.1) is 22.2 Å². The standard InChI is InChI=1S/C18H14Cl2N4O2/c19-13-2-1-3-14(20)17(13)18(26)23-12-6-7-21-16(8-12)24-15-5-4-11(10-25)9-22-15/h1-9,25H,10H2,(H2,21,22,23,24,26). The molecule has 0 saturated carbocycles. The first-order valence-electron chi connectivity index (χ1n) is 7.61. The summed E-state index contributed by atoms with van der Waals surface area (Å²) in [6, 6.07) is 11.7. The van der Waals surface area contributed by atoms with Gasteiger partial charge < -0.3 is 15.7 Å². The van der Waals surface area contributed by atoms with Gasteiger partial charge in [0.25, 0.3) is 5.91 Å². The van der Waals surface area contributed by atoms with Crippen LogP contribution in [-0.4, -0.2) is 21.0 Å². The highest BCUT2D eigenvalue weighted by Gasteiger charge is 2.15. The number of benzene rings is 1. The van der Waals surface area contributed by atoms with Gasteiger partial charge in [-0.05, 0) is 29.8 Å². The number of halogens is 2. The van der Waals surface area contributed by atoms with Gasteiger partial charge in [0, 0.05) is 24.1 Å². The quantitative estimate of drug-likeness (QED) is 0.607. The fraction of sp³-hybridized carbons (Fsp3) is 0.0556. The lowest BCUT2D eigenvalue weighted by molar-refractivity contribution is 0.102. The molecule has 2 aromatic heterocycles. The second-order valence-electron chi connectivity index (χ2n) is 5.32. The fourth-order valence-electron chi connectivity index (χ4n) is 2.21. The van der Waals surface area contributed by atoms with Crippen LogP contribution in [0.2, 0.25) is 10.0 Å². The van der Waals surface area contributed by atoms with Crippen molar-refractivity contribution in [3.8, 4) is 0 Å². The van der Waals surface area contributed by atoms with Crippen molar-refractivity contribution in [3.63, 3.8) is 0 Å². The largest absolute Gasteiger partial charge is 0.392 e. The monoisotopic (exact) mass is 388 g/mol. The van der Waals surface area contributed by atoms with E-state index in [1.54, 1.807) is 54.9 Å². The molecule has 132 valence electrons. The highest BCUT2D eigenvalue weighted by atomic mass is 35.5. The van der Waals surface area contributed by atoms with Crippen LogP contribution in [0.4, 0.5) is 17.3 Å². The zero-order valence-electron chi connectivity index (χ0n) is 13.4. The first-order chi connectivity index (χ1) is 12.6. The number of anilines is 3. The van der Waals surface area contributed by atoms with E-state index in [9.17, 15) is 4.79 Å². The Labute approximate surface area is 159 Å². The zero-order valence-corrected chi connectivity index (χ0v) is 14.9. The van der Waals surface area contributed by atoms with Crippen molar-refractivity contribution in [2.24, 2.45) is 0 Å². The number of nitrogens with zero attached hydrogens (tertiary/aromatic N) is 2. The second kappa shape index (κ2) is 8.14. The number of carbonyl (C=O) groups is 1. The number of pyridine rings is 2. The highest BCUT2D eigenvalue weighted by molar-refractivity contribution is 6.40. The Kier molecular flexibility index (Phi) is 5.68. The lowest BCUT2D eigenvalue weighted by Gasteiger charge is -2.10. The zero-order chi connectivity index (χ0) is 18.5. The molecule has 0 radical (unpaired) electrons. The molecule has 26 heavy (non-hydrogen) atoms. The Hall–Kier alpha value is -2.67. The molecular weight excluding hydrogens is 375 g/mol. The van der Waals surface area contributed by atoms with Gasteiger partial charge in [-0.15, -0.1) is 0 Å². The lowest BCUT2D eigenvalue weighted by Crippen LogP contribution is -2.13. The first-order valence-corrected chi connectivity index (χ1v) is 8.36. The molecule has 3 rings (SSSR count). The van der Waals surface area contributed by atoms with Gasteiger partial charge in [0.15, 0.2) is 0 Å². The summed E-state index contributed by atoms with van der Waals surface area (Å²) in [4.78, 5) is 20.8. The van der Waals surface area contributed by atoms with Crippen molar-refractivity contribution in [1.82, 2.24) is 9.97 Å². The van der Waals surface area contributed by atoms with Crippen molar-refractivity contribution >= 4 is 46.4 Å². The molecule has 3 N–H and O–H groups in total. The topological polar surface area (TPSA) is 87.1 Å². The van der Waals surface area contributed by atoms with Gasteiger partial charge in [-0.1, -0.05) is 35.3 Å². The highest BCUT2D eigenvalue weighted by Crippen LogP contribution is 2.25. The van der Waals surface area contributed by atoms with E-state index in [4.69, 9.17) is 28.3 Å². The smallest absolute Gasteiger partial charge is 0.258 e. The van der Waals surface area contributed by atoms with E-state index in [0.717, 1.165) is 0 Å². The van der Waals surface area contributed by atoms with E-state index >= 15 is 0 Å². The Morgan fingerprint density at radius 3 is 2.46 bits per heavy atom. The van der Waals surface area contributed by atoms with Crippen molar-refractivity contribution in [2.75, 3.05) is 10.6 Å². The van der Waals surface area contributed by atoms with E-state index in [1.165, 1.54) is 0 Å².